The SMILES string of the molecule is Cc1cccc(NC(=S)N(CCCn2ccnc2)CC2CC=CCC2)c1Cl. The number of thiocarbonyl (C=S) groups is 1. The fourth-order valence-corrected chi connectivity index (χ4v) is 3.86. The van der Waals surface area contributed by atoms with Crippen LogP contribution in [0, 0.1) is 12.8 Å². The average Bonchev–Trinajstić information content (AvgIpc) is 3.19. The van der Waals surface area contributed by atoms with Crippen LogP contribution in [-0.2, 0) is 6.54 Å². The van der Waals surface area contributed by atoms with Crippen molar-refractivity contribution in [2.45, 2.75) is 39.2 Å². The molecule has 1 atom stereocenters. The Morgan fingerprint density at radius 3 is 3.04 bits per heavy atom. The Balaban J connectivity index is 1.64. The third kappa shape index (κ3) is 5.81. The zero-order valence-corrected chi connectivity index (χ0v) is 17.3. The fraction of sp³-hybridized carbons (Fsp3) is 0.429. The summed E-state index contributed by atoms with van der Waals surface area (Å²) in [4.78, 5) is 6.41. The minimum atomic E-state index is 0.649. The maximum Gasteiger partial charge on any atom is 0.173 e. The standard InChI is InChI=1S/C21H27ClN4S/c1-17-7-5-10-19(20(17)22)24-21(27)26(15-18-8-3-2-4-9-18)13-6-12-25-14-11-23-16-25/h2-3,5,7,10-11,14,16,18H,4,6,8-9,12-13,15H2,1H3,(H,24,27). The minimum absolute atomic E-state index is 0.649. The van der Waals surface area contributed by atoms with Crippen molar-refractivity contribution in [2.24, 2.45) is 5.92 Å². The minimum Gasteiger partial charge on any atom is -0.349 e. The van der Waals surface area contributed by atoms with Crippen LogP contribution in [0.3, 0.4) is 0 Å². The van der Waals surface area contributed by atoms with E-state index in [1.807, 2.05) is 43.8 Å². The molecule has 1 heterocycles. The summed E-state index contributed by atoms with van der Waals surface area (Å²) in [5.41, 5.74) is 1.93. The van der Waals surface area contributed by atoms with Crippen LogP contribution in [0.15, 0.2) is 49.1 Å². The molecule has 1 aliphatic rings. The topological polar surface area (TPSA) is 33.1 Å². The third-order valence-electron chi connectivity index (χ3n) is 4.98. The van der Waals surface area contributed by atoms with Gasteiger partial charge < -0.3 is 14.8 Å². The highest BCUT2D eigenvalue weighted by Crippen LogP contribution is 2.26. The van der Waals surface area contributed by atoms with Gasteiger partial charge in [0.25, 0.3) is 0 Å². The number of hydrogen-bond acceptors (Lipinski definition) is 2. The first-order chi connectivity index (χ1) is 13.1. The van der Waals surface area contributed by atoms with Crippen LogP contribution >= 0.6 is 23.8 Å². The molecular weight excluding hydrogens is 376 g/mol. The first-order valence-electron chi connectivity index (χ1n) is 9.55. The van der Waals surface area contributed by atoms with E-state index in [0.717, 1.165) is 60.3 Å². The number of allylic oxidation sites excluding steroid dienone is 2. The predicted octanol–water partition coefficient (Wildman–Crippen LogP) is 5.29. The lowest BCUT2D eigenvalue weighted by Crippen LogP contribution is -2.39. The van der Waals surface area contributed by atoms with E-state index < -0.39 is 0 Å². The van der Waals surface area contributed by atoms with E-state index in [1.54, 1.807) is 0 Å². The number of nitrogens with zero attached hydrogens (tertiary/aromatic N) is 3. The van der Waals surface area contributed by atoms with Crippen molar-refractivity contribution in [1.29, 1.82) is 0 Å². The van der Waals surface area contributed by atoms with Gasteiger partial charge in [-0.3, -0.25) is 0 Å². The Morgan fingerprint density at radius 2 is 2.30 bits per heavy atom. The zero-order chi connectivity index (χ0) is 19.1. The summed E-state index contributed by atoms with van der Waals surface area (Å²) in [6.45, 7) is 4.83. The molecule has 2 aromatic rings. The molecule has 1 N–H and O–H groups in total. The first-order valence-corrected chi connectivity index (χ1v) is 10.3. The van der Waals surface area contributed by atoms with Crippen molar-refractivity contribution in [3.05, 3.63) is 59.7 Å². The highest BCUT2D eigenvalue weighted by Gasteiger charge is 2.18. The fourth-order valence-electron chi connectivity index (χ4n) is 3.41. The van der Waals surface area contributed by atoms with Gasteiger partial charge in [-0.15, -0.1) is 0 Å². The molecule has 27 heavy (non-hydrogen) atoms. The Kier molecular flexibility index (Phi) is 7.30. The van der Waals surface area contributed by atoms with Gasteiger partial charge >= 0.3 is 0 Å². The molecule has 1 aromatic carbocycles. The Morgan fingerprint density at radius 1 is 1.41 bits per heavy atom. The summed E-state index contributed by atoms with van der Waals surface area (Å²) in [5.74, 6) is 0.649. The molecule has 0 aliphatic heterocycles. The van der Waals surface area contributed by atoms with Crippen molar-refractivity contribution in [3.8, 4) is 0 Å². The van der Waals surface area contributed by atoms with Gasteiger partial charge in [0.1, 0.15) is 0 Å². The van der Waals surface area contributed by atoms with E-state index in [4.69, 9.17) is 23.8 Å². The molecule has 0 radical (unpaired) electrons. The van der Waals surface area contributed by atoms with Crippen LogP contribution in [0.4, 0.5) is 5.69 Å². The first kappa shape index (κ1) is 19.9. The molecule has 144 valence electrons. The van der Waals surface area contributed by atoms with Gasteiger partial charge in [-0.2, -0.15) is 0 Å². The van der Waals surface area contributed by atoms with Gasteiger partial charge in [0.05, 0.1) is 17.0 Å². The van der Waals surface area contributed by atoms with Crippen LogP contribution < -0.4 is 5.32 Å². The molecule has 1 aliphatic carbocycles. The molecule has 4 nitrogen and oxygen atoms in total. The Labute approximate surface area is 172 Å². The summed E-state index contributed by atoms with van der Waals surface area (Å²) in [6.07, 6.45) is 14.8. The van der Waals surface area contributed by atoms with Crippen LogP contribution in [-0.4, -0.2) is 32.7 Å². The monoisotopic (exact) mass is 402 g/mol. The number of anilines is 1. The maximum atomic E-state index is 6.45. The number of aromatic nitrogens is 2. The normalized spacial score (nSPS) is 16.3. The van der Waals surface area contributed by atoms with E-state index in [9.17, 15) is 0 Å². The lowest BCUT2D eigenvalue weighted by Gasteiger charge is -2.31. The number of benzene rings is 1. The summed E-state index contributed by atoms with van der Waals surface area (Å²) in [5, 5.41) is 4.86. The smallest absolute Gasteiger partial charge is 0.173 e. The molecule has 0 amide bonds. The van der Waals surface area contributed by atoms with Crippen molar-refractivity contribution in [2.75, 3.05) is 18.4 Å². The lowest BCUT2D eigenvalue weighted by molar-refractivity contribution is 0.316. The van der Waals surface area contributed by atoms with Gasteiger partial charge in [-0.1, -0.05) is 35.9 Å². The van der Waals surface area contributed by atoms with Gasteiger partial charge in [0.2, 0.25) is 0 Å². The maximum absolute atomic E-state index is 6.45. The van der Waals surface area contributed by atoms with Crippen LogP contribution in [0.1, 0.15) is 31.2 Å². The largest absolute Gasteiger partial charge is 0.349 e. The van der Waals surface area contributed by atoms with E-state index in [-0.39, 0.29) is 0 Å². The van der Waals surface area contributed by atoms with Gasteiger partial charge in [0, 0.05) is 32.0 Å². The number of imidazole rings is 1. The van der Waals surface area contributed by atoms with E-state index in [2.05, 4.69) is 31.9 Å². The van der Waals surface area contributed by atoms with E-state index in [1.165, 1.54) is 6.42 Å². The number of rotatable bonds is 7. The number of nitrogens with one attached hydrogen (secondary N) is 1. The Hall–Kier alpha value is -1.85. The summed E-state index contributed by atoms with van der Waals surface area (Å²) >= 11 is 12.2. The van der Waals surface area contributed by atoms with Crippen molar-refractivity contribution in [3.63, 3.8) is 0 Å². The molecular formula is C21H27ClN4S. The van der Waals surface area contributed by atoms with Crippen molar-refractivity contribution in [1.82, 2.24) is 14.5 Å². The number of hydrogen-bond donors (Lipinski definition) is 1. The average molecular weight is 403 g/mol. The molecule has 1 aromatic heterocycles. The van der Waals surface area contributed by atoms with Gasteiger partial charge in [-0.05, 0) is 62.4 Å². The number of aryl methyl sites for hydroxylation is 2. The van der Waals surface area contributed by atoms with Gasteiger partial charge in [0.15, 0.2) is 5.11 Å². The van der Waals surface area contributed by atoms with Crippen molar-refractivity contribution >= 4 is 34.6 Å². The summed E-state index contributed by atoms with van der Waals surface area (Å²) in [6, 6.07) is 5.99. The van der Waals surface area contributed by atoms with Crippen LogP contribution in [0.5, 0.6) is 0 Å². The molecule has 1 unspecified atom stereocenters. The molecule has 6 heteroatoms. The van der Waals surface area contributed by atoms with Gasteiger partial charge in [-0.25, -0.2) is 4.98 Å². The summed E-state index contributed by atoms with van der Waals surface area (Å²) in [7, 11) is 0. The second-order valence-electron chi connectivity index (χ2n) is 7.12. The Bertz CT molecular complexity index is 772. The second-order valence-corrected chi connectivity index (χ2v) is 7.88. The highest BCUT2D eigenvalue weighted by molar-refractivity contribution is 7.80. The lowest BCUT2D eigenvalue weighted by atomic mass is 9.94. The number of halogens is 1. The quantitative estimate of drug-likeness (QED) is 0.503. The van der Waals surface area contributed by atoms with Crippen LogP contribution in [0.25, 0.3) is 0 Å². The van der Waals surface area contributed by atoms with Crippen molar-refractivity contribution < 1.29 is 0 Å². The third-order valence-corrected chi connectivity index (χ3v) is 5.84. The molecule has 0 spiro atoms. The van der Waals surface area contributed by atoms with E-state index in [0.29, 0.717) is 5.92 Å². The molecule has 0 fully saturated rings. The second kappa shape index (κ2) is 9.90. The molecule has 3 rings (SSSR count). The van der Waals surface area contributed by atoms with E-state index >= 15 is 0 Å². The predicted molar refractivity (Wildman–Crippen MR) is 117 cm³/mol. The molecule has 0 bridgehead atoms. The zero-order valence-electron chi connectivity index (χ0n) is 15.8. The highest BCUT2D eigenvalue weighted by atomic mass is 35.5. The molecule has 0 saturated carbocycles. The molecule has 0 saturated heterocycles. The van der Waals surface area contributed by atoms with Crippen LogP contribution in [0.2, 0.25) is 5.02 Å². The summed E-state index contributed by atoms with van der Waals surface area (Å²) < 4.78 is 2.11.